The third kappa shape index (κ3) is 4.05. The molecular formula is C15H23NO2S. The monoisotopic (exact) mass is 281 g/mol. The number of hydrogen-bond acceptors (Lipinski definition) is 4. The van der Waals surface area contributed by atoms with Gasteiger partial charge in [0.15, 0.2) is 11.5 Å². The van der Waals surface area contributed by atoms with Crippen molar-refractivity contribution < 1.29 is 9.47 Å². The van der Waals surface area contributed by atoms with Crippen LogP contribution in [-0.2, 0) is 0 Å². The number of hydrogen-bond donors (Lipinski definition) is 1. The smallest absolute Gasteiger partial charge is 0.161 e. The van der Waals surface area contributed by atoms with E-state index in [4.69, 9.17) is 9.47 Å². The van der Waals surface area contributed by atoms with Gasteiger partial charge in [0.2, 0.25) is 0 Å². The van der Waals surface area contributed by atoms with Crippen LogP contribution in [0.3, 0.4) is 0 Å². The molecule has 19 heavy (non-hydrogen) atoms. The second-order valence-corrected chi connectivity index (χ2v) is 5.63. The highest BCUT2D eigenvalue weighted by Gasteiger charge is 2.15. The fourth-order valence-electron chi connectivity index (χ4n) is 2.27. The van der Waals surface area contributed by atoms with E-state index in [0.717, 1.165) is 49.9 Å². The zero-order chi connectivity index (χ0) is 13.5. The number of ether oxygens (including phenoxy) is 2. The van der Waals surface area contributed by atoms with Crippen LogP contribution in [0.2, 0.25) is 0 Å². The van der Waals surface area contributed by atoms with Crippen molar-refractivity contribution >= 4 is 11.8 Å². The predicted octanol–water partition coefficient (Wildman–Crippen LogP) is 3.25. The Morgan fingerprint density at radius 1 is 1.26 bits per heavy atom. The molecule has 0 bridgehead atoms. The van der Waals surface area contributed by atoms with E-state index >= 15 is 0 Å². The molecule has 0 radical (unpaired) electrons. The van der Waals surface area contributed by atoms with E-state index in [0.29, 0.717) is 6.04 Å². The van der Waals surface area contributed by atoms with Crippen LogP contribution in [0.25, 0.3) is 0 Å². The molecule has 0 amide bonds. The molecular weight excluding hydrogens is 258 g/mol. The highest BCUT2D eigenvalue weighted by atomic mass is 32.2. The van der Waals surface area contributed by atoms with Crippen molar-refractivity contribution in [2.75, 3.05) is 31.8 Å². The average molecular weight is 281 g/mol. The first kappa shape index (κ1) is 14.5. The van der Waals surface area contributed by atoms with Crippen LogP contribution < -0.4 is 14.8 Å². The molecule has 106 valence electrons. The van der Waals surface area contributed by atoms with Crippen LogP contribution >= 0.6 is 11.8 Å². The molecule has 4 heteroatoms. The van der Waals surface area contributed by atoms with E-state index in [9.17, 15) is 0 Å². The SMILES string of the molecule is CCNC(CCSC)c1ccc2c(c1)OCCCO2. The van der Waals surface area contributed by atoms with Gasteiger partial charge in [-0.2, -0.15) is 11.8 Å². The van der Waals surface area contributed by atoms with E-state index < -0.39 is 0 Å². The Bertz CT molecular complexity index is 398. The van der Waals surface area contributed by atoms with Crippen molar-refractivity contribution in [2.24, 2.45) is 0 Å². The summed E-state index contributed by atoms with van der Waals surface area (Å²) >= 11 is 1.89. The molecule has 1 aliphatic rings. The number of nitrogens with one attached hydrogen (secondary N) is 1. The van der Waals surface area contributed by atoms with Crippen LogP contribution in [0, 0.1) is 0 Å². The minimum absolute atomic E-state index is 0.398. The van der Waals surface area contributed by atoms with Crippen molar-refractivity contribution in [2.45, 2.75) is 25.8 Å². The molecule has 0 aliphatic carbocycles. The first-order valence-corrected chi connectivity index (χ1v) is 8.36. The van der Waals surface area contributed by atoms with Crippen molar-refractivity contribution in [3.05, 3.63) is 23.8 Å². The summed E-state index contributed by atoms with van der Waals surface area (Å²) in [6, 6.07) is 6.73. The van der Waals surface area contributed by atoms with E-state index in [1.807, 2.05) is 17.8 Å². The van der Waals surface area contributed by atoms with E-state index in [2.05, 4.69) is 30.6 Å². The molecule has 0 fully saturated rings. The third-order valence-corrected chi connectivity index (χ3v) is 3.88. The fraction of sp³-hybridized carbons (Fsp3) is 0.600. The van der Waals surface area contributed by atoms with E-state index in [1.54, 1.807) is 0 Å². The van der Waals surface area contributed by atoms with Gasteiger partial charge >= 0.3 is 0 Å². The predicted molar refractivity (Wildman–Crippen MR) is 81.5 cm³/mol. The summed E-state index contributed by atoms with van der Waals surface area (Å²) in [6.45, 7) is 4.62. The summed E-state index contributed by atoms with van der Waals surface area (Å²) in [4.78, 5) is 0. The maximum absolute atomic E-state index is 5.76. The van der Waals surface area contributed by atoms with Gasteiger partial charge in [-0.15, -0.1) is 0 Å². The average Bonchev–Trinajstić information content (AvgIpc) is 2.67. The lowest BCUT2D eigenvalue weighted by atomic mass is 10.0. The Morgan fingerprint density at radius 3 is 2.79 bits per heavy atom. The number of fused-ring (bicyclic) bond motifs is 1. The summed E-state index contributed by atoms with van der Waals surface area (Å²) in [5.41, 5.74) is 1.29. The summed E-state index contributed by atoms with van der Waals surface area (Å²) in [5, 5.41) is 3.55. The molecule has 1 aliphatic heterocycles. The normalized spacial score (nSPS) is 15.9. The molecule has 0 aromatic heterocycles. The summed E-state index contributed by atoms with van der Waals surface area (Å²) in [7, 11) is 0. The summed E-state index contributed by atoms with van der Waals surface area (Å²) in [5.74, 6) is 2.93. The van der Waals surface area contributed by atoms with Gasteiger partial charge in [0.05, 0.1) is 13.2 Å². The topological polar surface area (TPSA) is 30.5 Å². The third-order valence-electron chi connectivity index (χ3n) is 3.24. The van der Waals surface area contributed by atoms with Crippen molar-refractivity contribution in [3.63, 3.8) is 0 Å². The lowest BCUT2D eigenvalue weighted by Crippen LogP contribution is -2.21. The second kappa shape index (κ2) is 7.65. The minimum atomic E-state index is 0.398. The Kier molecular flexibility index (Phi) is 5.86. The Morgan fingerprint density at radius 2 is 2.05 bits per heavy atom. The fourth-order valence-corrected chi connectivity index (χ4v) is 2.74. The molecule has 1 N–H and O–H groups in total. The zero-order valence-electron chi connectivity index (χ0n) is 11.8. The molecule has 3 nitrogen and oxygen atoms in total. The number of thioether (sulfide) groups is 1. The molecule has 0 saturated heterocycles. The molecule has 0 saturated carbocycles. The molecule has 1 unspecified atom stereocenters. The van der Waals surface area contributed by atoms with Gasteiger partial charge in [0, 0.05) is 12.5 Å². The second-order valence-electron chi connectivity index (χ2n) is 4.65. The molecule has 0 spiro atoms. The first-order chi connectivity index (χ1) is 9.35. The largest absolute Gasteiger partial charge is 0.490 e. The van der Waals surface area contributed by atoms with Gasteiger partial charge < -0.3 is 14.8 Å². The van der Waals surface area contributed by atoms with Gasteiger partial charge in [-0.3, -0.25) is 0 Å². The van der Waals surface area contributed by atoms with Crippen LogP contribution in [0.5, 0.6) is 11.5 Å². The van der Waals surface area contributed by atoms with Gasteiger partial charge in [-0.05, 0) is 42.7 Å². The Balaban J connectivity index is 2.15. The Hall–Kier alpha value is -0.870. The lowest BCUT2D eigenvalue weighted by molar-refractivity contribution is 0.297. The highest BCUT2D eigenvalue weighted by Crippen LogP contribution is 2.33. The van der Waals surface area contributed by atoms with Gasteiger partial charge in [0.1, 0.15) is 0 Å². The van der Waals surface area contributed by atoms with E-state index in [1.165, 1.54) is 5.56 Å². The van der Waals surface area contributed by atoms with E-state index in [-0.39, 0.29) is 0 Å². The van der Waals surface area contributed by atoms with Crippen molar-refractivity contribution in [1.29, 1.82) is 0 Å². The first-order valence-electron chi connectivity index (χ1n) is 6.97. The number of rotatable bonds is 6. The highest BCUT2D eigenvalue weighted by molar-refractivity contribution is 7.98. The molecule has 1 heterocycles. The van der Waals surface area contributed by atoms with Gasteiger partial charge in [-0.25, -0.2) is 0 Å². The van der Waals surface area contributed by atoms with Gasteiger partial charge in [0.25, 0.3) is 0 Å². The van der Waals surface area contributed by atoms with Crippen LogP contribution in [0.4, 0.5) is 0 Å². The van der Waals surface area contributed by atoms with Crippen LogP contribution in [-0.4, -0.2) is 31.8 Å². The Labute approximate surface area is 120 Å². The standard InChI is InChI=1S/C15H23NO2S/c1-3-16-13(7-10-19-2)12-5-6-14-15(11-12)18-9-4-8-17-14/h5-6,11,13,16H,3-4,7-10H2,1-2H3. The molecule has 2 rings (SSSR count). The molecule has 1 aromatic carbocycles. The zero-order valence-corrected chi connectivity index (χ0v) is 12.6. The maximum Gasteiger partial charge on any atom is 0.161 e. The summed E-state index contributed by atoms with van der Waals surface area (Å²) < 4.78 is 11.4. The maximum atomic E-state index is 5.76. The van der Waals surface area contributed by atoms with Crippen molar-refractivity contribution in [1.82, 2.24) is 5.32 Å². The van der Waals surface area contributed by atoms with Gasteiger partial charge in [-0.1, -0.05) is 13.0 Å². The molecule has 1 aromatic rings. The molecule has 1 atom stereocenters. The number of benzene rings is 1. The minimum Gasteiger partial charge on any atom is -0.490 e. The van der Waals surface area contributed by atoms with Crippen LogP contribution in [0.15, 0.2) is 18.2 Å². The quantitative estimate of drug-likeness (QED) is 0.867. The van der Waals surface area contributed by atoms with Crippen molar-refractivity contribution in [3.8, 4) is 11.5 Å². The summed E-state index contributed by atoms with van der Waals surface area (Å²) in [6.07, 6.45) is 4.23. The lowest BCUT2D eigenvalue weighted by Gasteiger charge is -2.19. The van der Waals surface area contributed by atoms with Crippen LogP contribution in [0.1, 0.15) is 31.4 Å².